The highest BCUT2D eigenvalue weighted by Gasteiger charge is 2.12. The predicted molar refractivity (Wildman–Crippen MR) is 144 cm³/mol. The number of hydrogen-bond donors (Lipinski definition) is 0. The van der Waals surface area contributed by atoms with Crippen LogP contribution in [0.25, 0.3) is 6.08 Å². The van der Waals surface area contributed by atoms with Gasteiger partial charge in [-0.15, -0.1) is 10.2 Å². The van der Waals surface area contributed by atoms with Gasteiger partial charge in [0.15, 0.2) is 17.3 Å². The van der Waals surface area contributed by atoms with Gasteiger partial charge in [-0.2, -0.15) is 0 Å². The normalized spacial score (nSPS) is 11.1. The highest BCUT2D eigenvalue weighted by molar-refractivity contribution is 7.98. The van der Waals surface area contributed by atoms with Crippen LogP contribution in [0, 0.1) is 0 Å². The van der Waals surface area contributed by atoms with E-state index >= 15 is 0 Å². The maximum Gasteiger partial charge on any atom is 0.209 e. The van der Waals surface area contributed by atoms with Gasteiger partial charge in [-0.25, -0.2) is 4.68 Å². The fraction of sp³-hybridized carbons (Fsp3) is 0.308. The summed E-state index contributed by atoms with van der Waals surface area (Å²) in [6.07, 6.45) is 5.87. The van der Waals surface area contributed by atoms with Crippen LogP contribution in [-0.2, 0) is 19.3 Å². The van der Waals surface area contributed by atoms with Crippen LogP contribution in [0.1, 0.15) is 28.0 Å². The first-order valence-electron chi connectivity index (χ1n) is 12.0. The van der Waals surface area contributed by atoms with E-state index < -0.39 is 0 Å². The number of ether oxygens (including phenoxy) is 4. The number of nitrogens with zero attached hydrogens (tertiary/aromatic N) is 7. The van der Waals surface area contributed by atoms with Crippen LogP contribution >= 0.6 is 11.8 Å². The zero-order valence-electron chi connectivity index (χ0n) is 22.1. The Balaban J connectivity index is 1.23. The summed E-state index contributed by atoms with van der Waals surface area (Å²) >= 11 is 1.50. The molecule has 0 saturated carbocycles. The maximum atomic E-state index is 12.7. The Morgan fingerprint density at radius 1 is 1.00 bits per heavy atom. The van der Waals surface area contributed by atoms with E-state index in [9.17, 15) is 4.79 Å². The molecule has 0 saturated heterocycles. The van der Waals surface area contributed by atoms with Crippen molar-refractivity contribution >= 4 is 23.6 Å². The van der Waals surface area contributed by atoms with Crippen molar-refractivity contribution in [2.75, 3.05) is 27.9 Å². The molecular formula is C26H29N7O5S. The van der Waals surface area contributed by atoms with E-state index in [2.05, 4.69) is 25.8 Å². The number of carbonyl (C=O) groups is 1. The molecule has 39 heavy (non-hydrogen) atoms. The van der Waals surface area contributed by atoms with Crippen LogP contribution in [0.15, 0.2) is 53.8 Å². The van der Waals surface area contributed by atoms with E-state index in [1.165, 1.54) is 17.8 Å². The second kappa shape index (κ2) is 13.4. The van der Waals surface area contributed by atoms with Crippen LogP contribution in [-0.4, -0.2) is 68.9 Å². The lowest BCUT2D eigenvalue weighted by Crippen LogP contribution is -2.05. The van der Waals surface area contributed by atoms with E-state index in [1.807, 2.05) is 6.20 Å². The van der Waals surface area contributed by atoms with Gasteiger partial charge in [0.1, 0.15) is 5.75 Å². The van der Waals surface area contributed by atoms with Crippen molar-refractivity contribution in [2.45, 2.75) is 23.9 Å². The summed E-state index contributed by atoms with van der Waals surface area (Å²) in [4.78, 5) is 12.7. The third-order valence-corrected chi connectivity index (χ3v) is 6.61. The zero-order valence-corrected chi connectivity index (χ0v) is 22.9. The van der Waals surface area contributed by atoms with E-state index in [1.54, 1.807) is 80.2 Å². The van der Waals surface area contributed by atoms with Crippen LogP contribution in [0.5, 0.6) is 23.0 Å². The predicted octanol–water partition coefficient (Wildman–Crippen LogP) is 3.48. The molecule has 0 amide bonds. The molecule has 13 heteroatoms. The molecule has 4 rings (SSSR count). The Kier molecular flexibility index (Phi) is 9.51. The molecule has 2 heterocycles. The van der Waals surface area contributed by atoms with Gasteiger partial charge >= 0.3 is 0 Å². The van der Waals surface area contributed by atoms with Gasteiger partial charge in [0, 0.05) is 37.5 Å². The van der Waals surface area contributed by atoms with Crippen molar-refractivity contribution in [1.82, 2.24) is 35.2 Å². The van der Waals surface area contributed by atoms with E-state index in [0.717, 1.165) is 22.8 Å². The third-order valence-electron chi connectivity index (χ3n) is 5.57. The van der Waals surface area contributed by atoms with Gasteiger partial charge in [0.05, 0.1) is 33.6 Å². The number of methoxy groups -OCH3 is 3. The molecule has 204 valence electrons. The fourth-order valence-electron chi connectivity index (χ4n) is 3.59. The van der Waals surface area contributed by atoms with Crippen LogP contribution in [0.2, 0.25) is 0 Å². The van der Waals surface area contributed by atoms with Crippen molar-refractivity contribution in [3.05, 3.63) is 65.5 Å². The summed E-state index contributed by atoms with van der Waals surface area (Å²) in [5, 5.41) is 20.4. The Morgan fingerprint density at radius 2 is 1.74 bits per heavy atom. The number of thioether (sulfide) groups is 1. The van der Waals surface area contributed by atoms with Gasteiger partial charge in [-0.05, 0) is 58.5 Å². The SMILES string of the molecule is COc1cc(/C=C/C(=O)c2ccc(OCCCn3cc(CSc4nnnn4C)nn3)cc2)cc(OC)c1OC. The molecule has 0 aliphatic carbocycles. The lowest BCUT2D eigenvalue weighted by molar-refractivity contribution is 0.104. The molecule has 0 spiro atoms. The van der Waals surface area contributed by atoms with Gasteiger partial charge < -0.3 is 18.9 Å². The number of hydrogen-bond acceptors (Lipinski definition) is 11. The van der Waals surface area contributed by atoms with E-state index in [-0.39, 0.29) is 5.78 Å². The highest BCUT2D eigenvalue weighted by atomic mass is 32.2. The minimum Gasteiger partial charge on any atom is -0.494 e. The topological polar surface area (TPSA) is 128 Å². The first kappa shape index (κ1) is 27.6. The Morgan fingerprint density at radius 3 is 2.38 bits per heavy atom. The standard InChI is InChI=1S/C26H29N7O5S/c1-32-26(28-29-31-32)39-17-20-16-33(30-27-20)12-5-13-38-21-9-7-19(8-10-21)22(34)11-6-18-14-23(35-2)25(37-4)24(15-18)36-3/h6-11,14-16H,5,12-13,17H2,1-4H3/b11-6+. The molecular weight excluding hydrogens is 522 g/mol. The molecule has 0 N–H and O–H groups in total. The molecule has 0 atom stereocenters. The molecule has 4 aromatic rings. The lowest BCUT2D eigenvalue weighted by atomic mass is 10.1. The van der Waals surface area contributed by atoms with Crippen molar-refractivity contribution in [1.29, 1.82) is 0 Å². The van der Waals surface area contributed by atoms with Crippen molar-refractivity contribution in [3.63, 3.8) is 0 Å². The van der Waals surface area contributed by atoms with Crippen LogP contribution < -0.4 is 18.9 Å². The number of ketones is 1. The molecule has 0 fully saturated rings. The molecule has 12 nitrogen and oxygen atoms in total. The van der Waals surface area contributed by atoms with Crippen molar-refractivity contribution in [2.24, 2.45) is 7.05 Å². The monoisotopic (exact) mass is 551 g/mol. The molecule has 0 radical (unpaired) electrons. The van der Waals surface area contributed by atoms with Crippen LogP contribution in [0.4, 0.5) is 0 Å². The average Bonchev–Trinajstić information content (AvgIpc) is 3.60. The van der Waals surface area contributed by atoms with E-state index in [4.69, 9.17) is 18.9 Å². The Bertz CT molecular complexity index is 1390. The van der Waals surface area contributed by atoms with Gasteiger partial charge in [-0.1, -0.05) is 23.1 Å². The number of aryl methyl sites for hydroxylation is 2. The number of aromatic nitrogens is 7. The maximum absolute atomic E-state index is 12.7. The van der Waals surface area contributed by atoms with Gasteiger partial charge in [0.2, 0.25) is 10.9 Å². The summed E-state index contributed by atoms with van der Waals surface area (Å²) in [6.45, 7) is 1.17. The van der Waals surface area contributed by atoms with Gasteiger partial charge in [-0.3, -0.25) is 9.48 Å². The first-order valence-corrected chi connectivity index (χ1v) is 13.0. The summed E-state index contributed by atoms with van der Waals surface area (Å²) < 4.78 is 25.3. The number of allylic oxidation sites excluding steroid dienone is 1. The molecule has 0 unspecified atom stereocenters. The first-order chi connectivity index (χ1) is 19.0. The molecule has 0 aliphatic rings. The minimum absolute atomic E-state index is 0.133. The van der Waals surface area contributed by atoms with Crippen molar-refractivity contribution < 1.29 is 23.7 Å². The Labute approximate surface area is 229 Å². The lowest BCUT2D eigenvalue weighted by Gasteiger charge is -2.12. The second-order valence-electron chi connectivity index (χ2n) is 8.23. The van der Waals surface area contributed by atoms with Gasteiger partial charge in [0.25, 0.3) is 0 Å². The van der Waals surface area contributed by atoms with E-state index in [0.29, 0.717) is 47.5 Å². The summed E-state index contributed by atoms with van der Waals surface area (Å²) in [6, 6.07) is 10.6. The van der Waals surface area contributed by atoms with Crippen LogP contribution in [0.3, 0.4) is 0 Å². The average molecular weight is 552 g/mol. The summed E-state index contributed by atoms with van der Waals surface area (Å²) in [5.41, 5.74) is 2.15. The highest BCUT2D eigenvalue weighted by Crippen LogP contribution is 2.38. The molecule has 0 bridgehead atoms. The number of tetrazole rings is 1. The number of rotatable bonds is 14. The zero-order chi connectivity index (χ0) is 27.6. The van der Waals surface area contributed by atoms with Crippen molar-refractivity contribution in [3.8, 4) is 23.0 Å². The Hall–Kier alpha value is -4.39. The second-order valence-corrected chi connectivity index (χ2v) is 9.17. The minimum atomic E-state index is -0.133. The third kappa shape index (κ3) is 7.35. The molecule has 2 aromatic carbocycles. The summed E-state index contributed by atoms with van der Waals surface area (Å²) in [7, 11) is 6.43. The smallest absolute Gasteiger partial charge is 0.209 e. The molecule has 2 aromatic heterocycles. The number of benzene rings is 2. The fourth-order valence-corrected chi connectivity index (χ4v) is 4.32. The summed E-state index contributed by atoms with van der Waals surface area (Å²) in [5.74, 6) is 2.72. The molecule has 0 aliphatic heterocycles. The number of carbonyl (C=O) groups excluding carboxylic acids is 1. The largest absolute Gasteiger partial charge is 0.494 e. The quantitative estimate of drug-likeness (QED) is 0.0988.